The largest absolute Gasteiger partial charge is 0.462 e. The Balaban J connectivity index is 1.48. The van der Waals surface area contributed by atoms with Crippen molar-refractivity contribution in [2.45, 2.75) is 84.8 Å². The van der Waals surface area contributed by atoms with Gasteiger partial charge in [-0.15, -0.1) is 0 Å². The molecule has 1 N–H and O–H groups in total. The molecule has 4 aromatic carbocycles. The number of rotatable bonds is 11. The van der Waals surface area contributed by atoms with E-state index < -0.39 is 0 Å². The van der Waals surface area contributed by atoms with Gasteiger partial charge in [-0.05, 0) is 86.7 Å². The fourth-order valence-electron chi connectivity index (χ4n) is 6.53. The molecule has 0 aromatic heterocycles. The van der Waals surface area contributed by atoms with Crippen molar-refractivity contribution in [1.29, 1.82) is 0 Å². The highest BCUT2D eigenvalue weighted by atomic mass is 16.5. The highest BCUT2D eigenvalue weighted by molar-refractivity contribution is 5.97. The highest BCUT2D eigenvalue weighted by Gasteiger charge is 2.27. The Morgan fingerprint density at radius 2 is 1.51 bits per heavy atom. The number of benzene rings is 4. The summed E-state index contributed by atoms with van der Waals surface area (Å²) < 4.78 is 5.91. The average Bonchev–Trinajstić information content (AvgIpc) is 3.04. The summed E-state index contributed by atoms with van der Waals surface area (Å²) in [6.07, 6.45) is 4.75. The molecule has 4 unspecified atom stereocenters. The van der Waals surface area contributed by atoms with Gasteiger partial charge in [-0.2, -0.15) is 0 Å². The first kappa shape index (κ1) is 30.7. The smallest absolute Gasteiger partial charge is 0.308 e. The second-order valence-corrected chi connectivity index (χ2v) is 12.2. The molecular weight excluding hydrogens is 528 g/mol. The Bertz CT molecular complexity index is 1490. The van der Waals surface area contributed by atoms with Crippen LogP contribution in [0.25, 0.3) is 10.8 Å². The number of nitrogens with zero attached hydrogens (tertiary/aromatic N) is 1. The van der Waals surface area contributed by atoms with E-state index in [1.807, 2.05) is 13.8 Å². The zero-order valence-corrected chi connectivity index (χ0v) is 26.6. The minimum atomic E-state index is -0.0600. The lowest BCUT2D eigenvalue weighted by molar-refractivity contribution is -0.155. The van der Waals surface area contributed by atoms with Gasteiger partial charge in [0.2, 0.25) is 0 Å². The minimum Gasteiger partial charge on any atom is -0.462 e. The lowest BCUT2D eigenvalue weighted by Gasteiger charge is -2.31. The van der Waals surface area contributed by atoms with Crippen molar-refractivity contribution < 1.29 is 9.53 Å². The van der Waals surface area contributed by atoms with Crippen molar-refractivity contribution in [2.24, 2.45) is 5.92 Å². The third-order valence-corrected chi connectivity index (χ3v) is 9.32. The van der Waals surface area contributed by atoms with Crippen molar-refractivity contribution in [3.05, 3.63) is 107 Å². The number of carbonyl (C=O) groups excluding carboxylic acids is 1. The lowest BCUT2D eigenvalue weighted by Crippen LogP contribution is -2.34. The number of hydrogen-bond acceptors (Lipinski definition) is 4. The van der Waals surface area contributed by atoms with Gasteiger partial charge in [0.1, 0.15) is 6.10 Å². The summed E-state index contributed by atoms with van der Waals surface area (Å²) in [4.78, 5) is 14.9. The van der Waals surface area contributed by atoms with E-state index in [1.165, 1.54) is 38.7 Å². The third kappa shape index (κ3) is 7.06. The van der Waals surface area contributed by atoms with Crippen molar-refractivity contribution in [3.8, 4) is 0 Å². The van der Waals surface area contributed by atoms with Gasteiger partial charge >= 0.3 is 5.97 Å². The van der Waals surface area contributed by atoms with E-state index in [2.05, 4.69) is 116 Å². The fourth-order valence-corrected chi connectivity index (χ4v) is 6.53. The molecule has 5 rings (SSSR count). The molecular formula is C39H48N2O2. The molecule has 0 saturated heterocycles. The van der Waals surface area contributed by atoms with E-state index in [9.17, 15) is 4.79 Å². The van der Waals surface area contributed by atoms with Gasteiger partial charge in [-0.25, -0.2) is 0 Å². The second kappa shape index (κ2) is 14.1. The molecule has 43 heavy (non-hydrogen) atoms. The summed E-state index contributed by atoms with van der Waals surface area (Å²) >= 11 is 0. The normalized spacial score (nSPS) is 18.2. The maximum atomic E-state index is 12.5. The quantitative estimate of drug-likeness (QED) is 0.143. The first-order chi connectivity index (χ1) is 20.9. The molecule has 0 bridgehead atoms. The van der Waals surface area contributed by atoms with E-state index in [4.69, 9.17) is 4.74 Å². The van der Waals surface area contributed by atoms with E-state index in [-0.39, 0.29) is 30.0 Å². The summed E-state index contributed by atoms with van der Waals surface area (Å²) in [6, 6.07) is 31.8. The number of carbonyl (C=O) groups is 1. The maximum absolute atomic E-state index is 12.5. The van der Waals surface area contributed by atoms with Crippen LogP contribution in [0.4, 0.5) is 11.4 Å². The second-order valence-electron chi connectivity index (χ2n) is 12.2. The van der Waals surface area contributed by atoms with E-state index >= 15 is 0 Å². The van der Waals surface area contributed by atoms with Gasteiger partial charge in [0.15, 0.2) is 0 Å². The number of anilines is 2. The van der Waals surface area contributed by atoms with Crippen LogP contribution in [0.3, 0.4) is 0 Å². The summed E-state index contributed by atoms with van der Waals surface area (Å²) in [6.45, 7) is 12.6. The van der Waals surface area contributed by atoms with E-state index in [1.54, 1.807) is 0 Å². The summed E-state index contributed by atoms with van der Waals surface area (Å²) in [5.74, 6) is 0.0132. The van der Waals surface area contributed by atoms with Gasteiger partial charge in [-0.3, -0.25) is 4.79 Å². The van der Waals surface area contributed by atoms with Gasteiger partial charge in [0.05, 0.1) is 5.92 Å². The molecule has 4 nitrogen and oxygen atoms in total. The Hall–Kier alpha value is -3.79. The van der Waals surface area contributed by atoms with Crippen LogP contribution in [0.5, 0.6) is 0 Å². The molecule has 0 radical (unpaired) electrons. The van der Waals surface area contributed by atoms with Crippen LogP contribution < -0.4 is 10.2 Å². The van der Waals surface area contributed by atoms with Gasteiger partial charge < -0.3 is 15.0 Å². The number of hydrogen-bond donors (Lipinski definition) is 1. The van der Waals surface area contributed by atoms with Crippen LogP contribution in [-0.4, -0.2) is 31.2 Å². The minimum absolute atomic E-state index is 0.0106. The van der Waals surface area contributed by atoms with Crippen LogP contribution >= 0.6 is 0 Å². The molecule has 1 fully saturated rings. The summed E-state index contributed by atoms with van der Waals surface area (Å²) in [5, 5.41) is 6.36. The molecule has 1 aliphatic rings. The Morgan fingerprint density at radius 1 is 0.860 bits per heavy atom. The maximum Gasteiger partial charge on any atom is 0.308 e. The van der Waals surface area contributed by atoms with Crippen LogP contribution in [-0.2, 0) is 9.53 Å². The Kier molecular flexibility index (Phi) is 10.1. The Morgan fingerprint density at radius 3 is 2.16 bits per heavy atom. The van der Waals surface area contributed by atoms with Gasteiger partial charge in [0, 0.05) is 48.2 Å². The number of nitrogens with one attached hydrogen (secondary N) is 1. The molecule has 4 heteroatoms. The molecule has 1 aliphatic carbocycles. The van der Waals surface area contributed by atoms with Crippen LogP contribution in [0.1, 0.15) is 88.0 Å². The summed E-state index contributed by atoms with van der Waals surface area (Å²) in [5.41, 5.74) is 7.59. The first-order valence-corrected chi connectivity index (χ1v) is 16.3. The number of esters is 1. The first-order valence-electron chi connectivity index (χ1n) is 16.3. The number of fused-ring (bicyclic) bond motifs is 1. The van der Waals surface area contributed by atoms with Gasteiger partial charge in [-0.1, -0.05) is 86.1 Å². The van der Waals surface area contributed by atoms with Crippen LogP contribution in [0, 0.1) is 12.8 Å². The van der Waals surface area contributed by atoms with Crippen molar-refractivity contribution in [3.63, 3.8) is 0 Å². The topological polar surface area (TPSA) is 41.6 Å². The lowest BCUT2D eigenvalue weighted by atomic mass is 9.82. The molecule has 0 aliphatic heterocycles. The molecule has 1 saturated carbocycles. The van der Waals surface area contributed by atoms with Crippen molar-refractivity contribution in [2.75, 3.05) is 23.3 Å². The zero-order valence-electron chi connectivity index (χ0n) is 26.6. The van der Waals surface area contributed by atoms with Crippen LogP contribution in [0.2, 0.25) is 0 Å². The van der Waals surface area contributed by atoms with E-state index in [0.29, 0.717) is 0 Å². The fraction of sp³-hybridized carbons (Fsp3) is 0.410. The highest BCUT2D eigenvalue weighted by Crippen LogP contribution is 2.40. The molecule has 226 valence electrons. The molecule has 0 spiro atoms. The van der Waals surface area contributed by atoms with E-state index in [0.717, 1.165) is 50.9 Å². The Labute approximate surface area is 258 Å². The number of aryl methyl sites for hydroxylation is 1. The average molecular weight is 577 g/mol. The SMILES string of the molecule is CCC(C)C(=O)OC1CCCC(Nc2ccc(C(c3ccc(C)cc3)c3ccc(N(CC)CC)cc3)c3ccccc23)C1. The van der Waals surface area contributed by atoms with Crippen molar-refractivity contribution >= 4 is 28.1 Å². The summed E-state index contributed by atoms with van der Waals surface area (Å²) in [7, 11) is 0. The third-order valence-electron chi connectivity index (χ3n) is 9.32. The monoisotopic (exact) mass is 576 g/mol. The van der Waals surface area contributed by atoms with Crippen molar-refractivity contribution in [1.82, 2.24) is 0 Å². The molecule has 4 atom stereocenters. The number of ether oxygens (including phenoxy) is 1. The predicted octanol–water partition coefficient (Wildman–Crippen LogP) is 9.49. The molecule has 0 heterocycles. The predicted molar refractivity (Wildman–Crippen MR) is 181 cm³/mol. The molecule has 4 aromatic rings. The molecule has 0 amide bonds. The standard InChI is InChI=1S/C39H48N2O2/c1-6-28(5)39(42)43-33-13-11-12-31(26-33)40-37-25-24-36(34-14-9-10-15-35(34)37)38(29-18-16-27(4)17-19-29)30-20-22-32(23-21-30)41(7-2)8-3/h9-10,14-25,28,31,33,38,40H,6-8,11-13,26H2,1-5H3. The van der Waals surface area contributed by atoms with Crippen LogP contribution in [0.15, 0.2) is 84.9 Å². The van der Waals surface area contributed by atoms with Gasteiger partial charge in [0.25, 0.3) is 0 Å². The zero-order chi connectivity index (χ0) is 30.3.